The van der Waals surface area contributed by atoms with Crippen molar-refractivity contribution in [1.29, 1.82) is 0 Å². The van der Waals surface area contributed by atoms with Crippen LogP contribution in [0.2, 0.25) is 0 Å². The summed E-state index contributed by atoms with van der Waals surface area (Å²) in [7, 11) is 0. The molecule has 6 nitrogen and oxygen atoms in total. The van der Waals surface area contributed by atoms with Crippen LogP contribution in [0.1, 0.15) is 18.2 Å². The fourth-order valence-corrected chi connectivity index (χ4v) is 3.45. The molecule has 4 aromatic rings. The summed E-state index contributed by atoms with van der Waals surface area (Å²) in [6.45, 7) is 7.39. The van der Waals surface area contributed by atoms with Crippen molar-refractivity contribution >= 4 is 28.7 Å². The first-order valence-electron chi connectivity index (χ1n) is 9.75. The first kappa shape index (κ1) is 19.4. The molecule has 4 rings (SSSR count). The molecule has 2 N–H and O–H groups in total. The molecule has 0 saturated heterocycles. The summed E-state index contributed by atoms with van der Waals surface area (Å²) in [6.07, 6.45) is 4.38. The highest BCUT2D eigenvalue weighted by atomic mass is 16.1. The number of rotatable bonds is 6. The van der Waals surface area contributed by atoms with E-state index in [1.165, 1.54) is 6.92 Å². The Labute approximate surface area is 175 Å². The van der Waals surface area contributed by atoms with Gasteiger partial charge in [-0.05, 0) is 43.2 Å². The number of aromatic nitrogens is 3. The molecule has 2 aromatic heterocycles. The molecule has 0 unspecified atom stereocenters. The molecule has 0 spiro atoms. The number of nitrogens with zero attached hydrogens (tertiary/aromatic N) is 3. The number of anilines is 3. The number of carbonyl (C=O) groups is 1. The van der Waals surface area contributed by atoms with Crippen molar-refractivity contribution in [2.75, 3.05) is 10.6 Å². The molecule has 0 bridgehead atoms. The minimum absolute atomic E-state index is 0.0968. The van der Waals surface area contributed by atoms with Crippen LogP contribution < -0.4 is 10.6 Å². The van der Waals surface area contributed by atoms with E-state index < -0.39 is 0 Å². The minimum Gasteiger partial charge on any atom is -0.340 e. The van der Waals surface area contributed by atoms with Crippen LogP contribution in [-0.2, 0) is 11.2 Å². The second-order valence-electron chi connectivity index (χ2n) is 7.06. The number of allylic oxidation sites excluding steroid dienone is 1. The number of amides is 1. The molecule has 1 amide bonds. The van der Waals surface area contributed by atoms with Crippen LogP contribution in [0.3, 0.4) is 0 Å². The van der Waals surface area contributed by atoms with Gasteiger partial charge in [0.2, 0.25) is 5.91 Å². The molecule has 30 heavy (non-hydrogen) atoms. The van der Waals surface area contributed by atoms with E-state index in [0.717, 1.165) is 45.2 Å². The molecule has 0 radical (unpaired) electrons. The molecule has 0 aliphatic heterocycles. The van der Waals surface area contributed by atoms with Crippen molar-refractivity contribution in [2.24, 2.45) is 0 Å². The van der Waals surface area contributed by atoms with Crippen molar-refractivity contribution in [1.82, 2.24) is 14.6 Å². The lowest BCUT2D eigenvalue weighted by atomic mass is 10.1. The van der Waals surface area contributed by atoms with Gasteiger partial charge in [-0.1, -0.05) is 36.4 Å². The second kappa shape index (κ2) is 8.21. The third kappa shape index (κ3) is 3.80. The Morgan fingerprint density at radius 1 is 1.10 bits per heavy atom. The first-order valence-corrected chi connectivity index (χ1v) is 9.75. The van der Waals surface area contributed by atoms with Gasteiger partial charge in [-0.2, -0.15) is 9.61 Å². The maximum atomic E-state index is 11.3. The van der Waals surface area contributed by atoms with E-state index in [1.54, 1.807) is 0 Å². The molecule has 0 aliphatic carbocycles. The van der Waals surface area contributed by atoms with Crippen molar-refractivity contribution in [3.05, 3.63) is 84.7 Å². The third-order valence-electron chi connectivity index (χ3n) is 4.85. The predicted molar refractivity (Wildman–Crippen MR) is 121 cm³/mol. The van der Waals surface area contributed by atoms with Gasteiger partial charge in [0.1, 0.15) is 5.82 Å². The Kier molecular flexibility index (Phi) is 5.30. The molecular weight excluding hydrogens is 374 g/mol. The number of fused-ring (bicyclic) bond motifs is 1. The zero-order valence-corrected chi connectivity index (χ0v) is 17.0. The van der Waals surface area contributed by atoms with Crippen LogP contribution in [-0.4, -0.2) is 20.5 Å². The van der Waals surface area contributed by atoms with Gasteiger partial charge in [0.05, 0.1) is 6.20 Å². The van der Waals surface area contributed by atoms with Crippen LogP contribution in [0.15, 0.2) is 73.4 Å². The first-order chi connectivity index (χ1) is 14.6. The van der Waals surface area contributed by atoms with Gasteiger partial charge in [0.25, 0.3) is 0 Å². The fraction of sp³-hybridized carbons (Fsp3) is 0.125. The highest BCUT2D eigenvalue weighted by Gasteiger charge is 2.17. The van der Waals surface area contributed by atoms with Crippen LogP contribution in [0.25, 0.3) is 16.8 Å². The number of aryl methyl sites for hydroxylation is 1. The second-order valence-corrected chi connectivity index (χ2v) is 7.06. The quantitative estimate of drug-likeness (QED) is 0.442. The normalized spacial score (nSPS) is 10.7. The van der Waals surface area contributed by atoms with Gasteiger partial charge in [0.15, 0.2) is 5.65 Å². The maximum absolute atomic E-state index is 11.3. The highest BCUT2D eigenvalue weighted by molar-refractivity contribution is 5.89. The van der Waals surface area contributed by atoms with Crippen molar-refractivity contribution in [2.45, 2.75) is 20.3 Å². The van der Waals surface area contributed by atoms with Crippen LogP contribution in [0.5, 0.6) is 0 Å². The molecule has 150 valence electrons. The average Bonchev–Trinajstić information content (AvgIpc) is 3.15. The fourth-order valence-electron chi connectivity index (χ4n) is 3.45. The lowest BCUT2D eigenvalue weighted by Crippen LogP contribution is -2.09. The zero-order chi connectivity index (χ0) is 21.1. The SMILES string of the molecule is C=CCc1c(C)nc2c(-c3ccccc3)cnn2c1Nc1ccc(NC(C)=O)cc1. The molecular formula is C24H23N5O. The number of carbonyl (C=O) groups excluding carboxylic acids is 1. The molecule has 2 aromatic carbocycles. The standard InChI is InChI=1S/C24H23N5O/c1-4-8-21-16(2)26-24-22(18-9-6-5-7-10-18)15-25-29(24)23(21)28-20-13-11-19(12-14-20)27-17(3)30/h4-7,9-15,28H,1,8H2,2-3H3,(H,27,30). The van der Waals surface area contributed by atoms with Crippen LogP contribution in [0, 0.1) is 6.92 Å². The third-order valence-corrected chi connectivity index (χ3v) is 4.85. The average molecular weight is 397 g/mol. The summed E-state index contributed by atoms with van der Waals surface area (Å²) in [5.74, 6) is 0.757. The summed E-state index contributed by atoms with van der Waals surface area (Å²) < 4.78 is 1.84. The lowest BCUT2D eigenvalue weighted by molar-refractivity contribution is -0.114. The molecule has 0 fully saturated rings. The van der Waals surface area contributed by atoms with E-state index in [0.29, 0.717) is 6.42 Å². The summed E-state index contributed by atoms with van der Waals surface area (Å²) >= 11 is 0. The van der Waals surface area contributed by atoms with Gasteiger partial charge >= 0.3 is 0 Å². The van der Waals surface area contributed by atoms with E-state index in [-0.39, 0.29) is 5.91 Å². The summed E-state index contributed by atoms with van der Waals surface area (Å²) in [4.78, 5) is 16.1. The molecule has 0 aliphatic rings. The Balaban J connectivity index is 1.80. The van der Waals surface area contributed by atoms with E-state index >= 15 is 0 Å². The Bertz CT molecular complexity index is 1210. The minimum atomic E-state index is -0.0968. The number of benzene rings is 2. The van der Waals surface area contributed by atoms with Crippen LogP contribution >= 0.6 is 0 Å². The van der Waals surface area contributed by atoms with Crippen molar-refractivity contribution in [3.63, 3.8) is 0 Å². The maximum Gasteiger partial charge on any atom is 0.221 e. The Morgan fingerprint density at radius 3 is 2.47 bits per heavy atom. The molecule has 2 heterocycles. The van der Waals surface area contributed by atoms with Crippen molar-refractivity contribution < 1.29 is 4.79 Å². The van der Waals surface area contributed by atoms with Crippen LogP contribution in [0.4, 0.5) is 17.2 Å². The topological polar surface area (TPSA) is 71.3 Å². The summed E-state index contributed by atoms with van der Waals surface area (Å²) in [5.41, 5.74) is 6.45. The smallest absolute Gasteiger partial charge is 0.221 e. The monoisotopic (exact) mass is 397 g/mol. The van der Waals surface area contributed by atoms with E-state index in [9.17, 15) is 4.79 Å². The van der Waals surface area contributed by atoms with Gasteiger partial charge < -0.3 is 10.6 Å². The Morgan fingerprint density at radius 2 is 1.80 bits per heavy atom. The van der Waals surface area contributed by atoms with Gasteiger partial charge in [-0.15, -0.1) is 6.58 Å². The summed E-state index contributed by atoms with van der Waals surface area (Å²) in [5, 5.41) is 10.9. The number of hydrogen-bond donors (Lipinski definition) is 2. The van der Waals surface area contributed by atoms with Crippen molar-refractivity contribution in [3.8, 4) is 11.1 Å². The number of nitrogens with one attached hydrogen (secondary N) is 2. The van der Waals surface area contributed by atoms with E-state index in [2.05, 4.69) is 34.4 Å². The largest absolute Gasteiger partial charge is 0.340 e. The van der Waals surface area contributed by atoms with E-state index in [1.807, 2.05) is 66.2 Å². The molecule has 0 atom stereocenters. The highest BCUT2D eigenvalue weighted by Crippen LogP contribution is 2.30. The molecule has 6 heteroatoms. The van der Waals surface area contributed by atoms with Gasteiger partial charge in [-0.3, -0.25) is 4.79 Å². The lowest BCUT2D eigenvalue weighted by Gasteiger charge is -2.16. The summed E-state index contributed by atoms with van der Waals surface area (Å²) in [6, 6.07) is 17.7. The zero-order valence-electron chi connectivity index (χ0n) is 17.0. The molecule has 0 saturated carbocycles. The van der Waals surface area contributed by atoms with E-state index in [4.69, 9.17) is 4.98 Å². The van der Waals surface area contributed by atoms with Gasteiger partial charge in [0, 0.05) is 35.1 Å². The predicted octanol–water partition coefficient (Wildman–Crippen LogP) is 5.14. The number of hydrogen-bond acceptors (Lipinski definition) is 4. The Hall–Kier alpha value is -3.93. The van der Waals surface area contributed by atoms with Gasteiger partial charge in [-0.25, -0.2) is 4.98 Å².